The van der Waals surface area contributed by atoms with Crippen molar-refractivity contribution in [1.29, 1.82) is 0 Å². The number of ether oxygens (including phenoxy) is 3. The van der Waals surface area contributed by atoms with E-state index in [9.17, 15) is 4.79 Å². The highest BCUT2D eigenvalue weighted by Crippen LogP contribution is 2.33. The van der Waals surface area contributed by atoms with Gasteiger partial charge < -0.3 is 14.2 Å². The first-order valence-electron chi connectivity index (χ1n) is 12.4. The average molecular weight is 473 g/mol. The van der Waals surface area contributed by atoms with Crippen LogP contribution in [0.15, 0.2) is 66.7 Å². The molecule has 182 valence electrons. The van der Waals surface area contributed by atoms with E-state index in [2.05, 4.69) is 4.90 Å². The Kier molecular flexibility index (Phi) is 6.91. The third-order valence-corrected chi connectivity index (χ3v) is 6.39. The summed E-state index contributed by atoms with van der Waals surface area (Å²) >= 11 is 0. The van der Waals surface area contributed by atoms with Gasteiger partial charge in [0.1, 0.15) is 23.9 Å². The molecule has 0 aromatic heterocycles. The number of carbonyl (C=O) groups is 1. The smallest absolute Gasteiger partial charge is 0.264 e. The minimum atomic E-state index is -0.0683. The van der Waals surface area contributed by atoms with Gasteiger partial charge in [-0.05, 0) is 99.4 Å². The molecule has 5 rings (SSSR count). The first-order chi connectivity index (χ1) is 17.1. The number of benzene rings is 3. The lowest BCUT2D eigenvalue weighted by molar-refractivity contribution is 0.0937. The standard InChI is InChI=1S/C29H32N2O4/c1-21(2)35-26-10-5-22(6-11-26)23-7-14-27-28(19-23)34-20-31(29(27)32)24-8-12-25(13-9-24)33-18-17-30-15-3-4-16-30/h5-14,19,21H,3-4,15-18,20H2,1-2H3. The molecule has 0 spiro atoms. The highest BCUT2D eigenvalue weighted by molar-refractivity contribution is 6.09. The van der Waals surface area contributed by atoms with E-state index in [0.29, 0.717) is 17.9 Å². The molecule has 2 aliphatic rings. The Morgan fingerprint density at radius 3 is 2.29 bits per heavy atom. The van der Waals surface area contributed by atoms with Crippen LogP contribution in [0.25, 0.3) is 11.1 Å². The van der Waals surface area contributed by atoms with Crippen LogP contribution in [0.5, 0.6) is 17.2 Å². The zero-order valence-corrected chi connectivity index (χ0v) is 20.4. The van der Waals surface area contributed by atoms with E-state index in [1.54, 1.807) is 4.90 Å². The molecule has 6 heteroatoms. The summed E-state index contributed by atoms with van der Waals surface area (Å²) < 4.78 is 17.6. The van der Waals surface area contributed by atoms with Crippen molar-refractivity contribution in [2.75, 3.05) is 37.9 Å². The van der Waals surface area contributed by atoms with Crippen LogP contribution in [0.2, 0.25) is 0 Å². The van der Waals surface area contributed by atoms with Crippen molar-refractivity contribution in [1.82, 2.24) is 4.90 Å². The van der Waals surface area contributed by atoms with Crippen LogP contribution >= 0.6 is 0 Å². The fraction of sp³-hybridized carbons (Fsp3) is 0.345. The van der Waals surface area contributed by atoms with Gasteiger partial charge in [0.05, 0.1) is 11.7 Å². The van der Waals surface area contributed by atoms with E-state index in [1.165, 1.54) is 25.9 Å². The lowest BCUT2D eigenvalue weighted by Gasteiger charge is -2.29. The highest BCUT2D eigenvalue weighted by atomic mass is 16.5. The van der Waals surface area contributed by atoms with E-state index in [0.717, 1.165) is 34.9 Å². The van der Waals surface area contributed by atoms with Gasteiger partial charge in [-0.2, -0.15) is 0 Å². The van der Waals surface area contributed by atoms with Crippen LogP contribution in [0.3, 0.4) is 0 Å². The fourth-order valence-electron chi connectivity index (χ4n) is 4.55. The number of carbonyl (C=O) groups excluding carboxylic acids is 1. The van der Waals surface area contributed by atoms with Gasteiger partial charge in [0.2, 0.25) is 0 Å². The van der Waals surface area contributed by atoms with Crippen LogP contribution in [0.4, 0.5) is 5.69 Å². The van der Waals surface area contributed by atoms with Crippen LogP contribution < -0.4 is 19.1 Å². The molecular formula is C29H32N2O4. The molecule has 2 heterocycles. The Morgan fingerprint density at radius 1 is 0.886 bits per heavy atom. The van der Waals surface area contributed by atoms with Crippen molar-refractivity contribution in [3.05, 3.63) is 72.3 Å². The lowest BCUT2D eigenvalue weighted by Crippen LogP contribution is -2.38. The van der Waals surface area contributed by atoms with Crippen molar-refractivity contribution in [2.45, 2.75) is 32.8 Å². The minimum Gasteiger partial charge on any atom is -0.492 e. The first-order valence-corrected chi connectivity index (χ1v) is 12.4. The van der Waals surface area contributed by atoms with Gasteiger partial charge in [-0.3, -0.25) is 14.6 Å². The van der Waals surface area contributed by atoms with Crippen LogP contribution in [-0.4, -0.2) is 49.9 Å². The summed E-state index contributed by atoms with van der Waals surface area (Å²) in [6.07, 6.45) is 2.70. The molecule has 35 heavy (non-hydrogen) atoms. The summed E-state index contributed by atoms with van der Waals surface area (Å²) in [4.78, 5) is 17.3. The second kappa shape index (κ2) is 10.4. The van der Waals surface area contributed by atoms with Gasteiger partial charge in [-0.15, -0.1) is 0 Å². The predicted octanol–water partition coefficient (Wildman–Crippen LogP) is 5.61. The maximum Gasteiger partial charge on any atom is 0.264 e. The van der Waals surface area contributed by atoms with Gasteiger partial charge in [0.15, 0.2) is 6.73 Å². The van der Waals surface area contributed by atoms with Gasteiger partial charge in [-0.1, -0.05) is 18.2 Å². The molecule has 0 unspecified atom stereocenters. The van der Waals surface area contributed by atoms with Gasteiger partial charge in [0.25, 0.3) is 5.91 Å². The monoisotopic (exact) mass is 472 g/mol. The van der Waals surface area contributed by atoms with Gasteiger partial charge in [0, 0.05) is 12.2 Å². The largest absolute Gasteiger partial charge is 0.492 e. The maximum atomic E-state index is 13.2. The molecule has 0 radical (unpaired) electrons. The van der Waals surface area contributed by atoms with Crippen molar-refractivity contribution in [3.8, 4) is 28.4 Å². The molecule has 1 amide bonds. The van der Waals surface area contributed by atoms with E-state index in [-0.39, 0.29) is 18.7 Å². The Balaban J connectivity index is 1.23. The van der Waals surface area contributed by atoms with Crippen molar-refractivity contribution in [2.24, 2.45) is 0 Å². The zero-order chi connectivity index (χ0) is 24.2. The normalized spacial score (nSPS) is 15.7. The SMILES string of the molecule is CC(C)Oc1ccc(-c2ccc3c(c2)OCN(c2ccc(OCCN4CCCC4)cc2)C3=O)cc1. The summed E-state index contributed by atoms with van der Waals surface area (Å²) in [6, 6.07) is 21.3. The molecule has 0 N–H and O–H groups in total. The molecule has 1 saturated heterocycles. The molecule has 0 aliphatic carbocycles. The summed E-state index contributed by atoms with van der Waals surface area (Å²) in [5, 5.41) is 0. The van der Waals surface area contributed by atoms with E-state index < -0.39 is 0 Å². The molecule has 6 nitrogen and oxygen atoms in total. The topological polar surface area (TPSA) is 51.2 Å². The quantitative estimate of drug-likeness (QED) is 0.426. The van der Waals surface area contributed by atoms with Crippen LogP contribution in [0, 0.1) is 0 Å². The van der Waals surface area contributed by atoms with E-state index >= 15 is 0 Å². The van der Waals surface area contributed by atoms with Gasteiger partial charge in [-0.25, -0.2) is 0 Å². The van der Waals surface area contributed by atoms with Crippen LogP contribution in [-0.2, 0) is 0 Å². The number of rotatable bonds is 8. The average Bonchev–Trinajstić information content (AvgIpc) is 3.38. The predicted molar refractivity (Wildman–Crippen MR) is 138 cm³/mol. The Bertz CT molecular complexity index is 1150. The zero-order valence-electron chi connectivity index (χ0n) is 20.4. The second-order valence-electron chi connectivity index (χ2n) is 9.30. The van der Waals surface area contributed by atoms with Crippen molar-refractivity contribution >= 4 is 11.6 Å². The molecule has 3 aromatic carbocycles. The number of amides is 1. The minimum absolute atomic E-state index is 0.0683. The van der Waals surface area contributed by atoms with Gasteiger partial charge >= 0.3 is 0 Å². The molecule has 0 saturated carbocycles. The third kappa shape index (κ3) is 5.43. The first kappa shape index (κ1) is 23.2. The Morgan fingerprint density at radius 2 is 1.57 bits per heavy atom. The third-order valence-electron chi connectivity index (χ3n) is 6.39. The molecule has 0 bridgehead atoms. The molecule has 2 aliphatic heterocycles. The van der Waals surface area contributed by atoms with Crippen molar-refractivity contribution < 1.29 is 19.0 Å². The molecule has 0 atom stereocenters. The Labute approximate surface area is 207 Å². The number of hydrogen-bond donors (Lipinski definition) is 0. The number of anilines is 1. The highest BCUT2D eigenvalue weighted by Gasteiger charge is 2.27. The summed E-state index contributed by atoms with van der Waals surface area (Å²) in [5.74, 6) is 2.19. The summed E-state index contributed by atoms with van der Waals surface area (Å²) in [6.45, 7) is 8.15. The second-order valence-corrected chi connectivity index (χ2v) is 9.30. The van der Waals surface area contributed by atoms with E-state index in [4.69, 9.17) is 14.2 Å². The van der Waals surface area contributed by atoms with E-state index in [1.807, 2.05) is 80.6 Å². The number of likely N-dealkylation sites (tertiary alicyclic amines) is 1. The maximum absolute atomic E-state index is 13.2. The molecular weight excluding hydrogens is 440 g/mol. The fourth-order valence-corrected chi connectivity index (χ4v) is 4.55. The van der Waals surface area contributed by atoms with Crippen LogP contribution in [0.1, 0.15) is 37.0 Å². The number of nitrogens with zero attached hydrogens (tertiary/aromatic N) is 2. The van der Waals surface area contributed by atoms with Crippen molar-refractivity contribution in [3.63, 3.8) is 0 Å². The Hall–Kier alpha value is -3.51. The summed E-state index contributed by atoms with van der Waals surface area (Å²) in [7, 11) is 0. The lowest BCUT2D eigenvalue weighted by atomic mass is 10.0. The molecule has 1 fully saturated rings. The number of hydrogen-bond acceptors (Lipinski definition) is 5. The summed E-state index contributed by atoms with van der Waals surface area (Å²) in [5.41, 5.74) is 3.39. The molecule has 3 aromatic rings. The number of fused-ring (bicyclic) bond motifs is 1.